The number of hydrogen-bond acceptors (Lipinski definition) is 7. The average molecular weight is 211 g/mol. The molecule has 6 N–H and O–H groups in total. The molecule has 0 spiro atoms. The van der Waals surface area contributed by atoms with Crippen LogP contribution in [0.3, 0.4) is 0 Å². The Morgan fingerprint density at radius 1 is 1.42 bits per heavy atom. The highest BCUT2D eigenvalue weighted by Gasteiger charge is 0.984. The Bertz CT molecular complexity index is 46.5. The first-order valence-corrected chi connectivity index (χ1v) is 1.52. The van der Waals surface area contributed by atoms with Crippen LogP contribution in [0.15, 0.2) is 0 Å². The summed E-state index contributed by atoms with van der Waals surface area (Å²) in [6.45, 7) is 0. The third-order valence-electron chi connectivity index (χ3n) is 0. The molecule has 0 fully saturated rings. The van der Waals surface area contributed by atoms with E-state index in [4.69, 9.17) is 38.2 Å². The summed E-state index contributed by atoms with van der Waals surface area (Å²) >= 11 is 0. The van der Waals surface area contributed by atoms with E-state index in [1.807, 2.05) is 0 Å². The molecule has 0 saturated carbocycles. The Kier molecular flexibility index (Phi) is 12700. The molecule has 78 valence electrons. The molecule has 0 aromatic rings. The van der Waals surface area contributed by atoms with E-state index < -0.39 is 9.06 Å². The fraction of sp³-hybridized carbons (Fsp3) is 1.00. The van der Waals surface area contributed by atoms with Crippen molar-refractivity contribution in [1.29, 1.82) is 1.28 Å². The maximum atomic E-state index is 8.57. The van der Waals surface area contributed by atoms with Crippen molar-refractivity contribution in [1.82, 2.24) is 0 Å². The fourth-order valence-electron chi connectivity index (χ4n) is 0. The van der Waals surface area contributed by atoms with Crippen molar-refractivity contribution in [3.63, 3.8) is 0 Å². The number of hydrogen-bond donors (Lipinski definition) is 4. The Balaban J connectivity index is -0.00000000859. The van der Waals surface area contributed by atoms with Crippen LogP contribution in [-0.4, -0.2) is 35.6 Å². The summed E-state index contributed by atoms with van der Waals surface area (Å²) in [5, 5.41) is 24.0. The molecule has 0 rings (SSSR count). The molecule has 0 heterocycles. The molecule has 2 radical (unpaired) electrons. The zero-order valence-electron chi connectivity index (χ0n) is 7.25. The Morgan fingerprint density at radius 3 is 1.42 bits per heavy atom. The van der Waals surface area contributed by atoms with Crippen molar-refractivity contribution in [3.05, 3.63) is 9.93 Å². The van der Waals surface area contributed by atoms with E-state index in [-0.39, 0.29) is 19.7 Å². The van der Waals surface area contributed by atoms with Crippen LogP contribution in [-0.2, 0) is 4.57 Å². The molecule has 0 aliphatic rings. The summed E-state index contributed by atoms with van der Waals surface area (Å²) in [7, 11) is 3.93. The highest BCUT2D eigenvalue weighted by Crippen LogP contribution is 1.23. The summed E-state index contributed by atoms with van der Waals surface area (Å²) in [4.78, 5) is 14.0. The van der Waals surface area contributed by atoms with Gasteiger partial charge in [0.2, 0.25) is 0 Å². The van der Waals surface area contributed by atoms with E-state index >= 15 is 0 Å². The Labute approximate surface area is 76.0 Å². The maximum Gasteiger partial charge on any atom is 0.140 e. The van der Waals surface area contributed by atoms with Crippen molar-refractivity contribution in [3.8, 4) is 0 Å². The molecule has 0 unspecified atom stereocenters. The second kappa shape index (κ2) is 5110. The second-order valence-corrected chi connectivity index (χ2v) is 0. The summed E-state index contributed by atoms with van der Waals surface area (Å²) in [5.74, 6) is 0. The van der Waals surface area contributed by atoms with E-state index in [9.17, 15) is 0 Å². The van der Waals surface area contributed by atoms with Gasteiger partial charge in [-0.1, -0.05) is 14.2 Å². The van der Waals surface area contributed by atoms with Gasteiger partial charge in [-0.3, -0.25) is 25.6 Å². The Morgan fingerprint density at radius 2 is 1.42 bits per heavy atom. The van der Waals surface area contributed by atoms with Gasteiger partial charge in [0, 0.05) is 11.3 Å². The van der Waals surface area contributed by atoms with Crippen LogP contribution in [0.25, 0.3) is 0 Å². The molecule has 0 aromatic carbocycles. The van der Waals surface area contributed by atoms with Gasteiger partial charge in [0.15, 0.2) is 0 Å². The maximum absolute atomic E-state index is 8.57. The van der Waals surface area contributed by atoms with E-state index in [2.05, 4.69) is 7.85 Å². The van der Waals surface area contributed by atoms with Gasteiger partial charge in [0.25, 0.3) is 0 Å². The normalized spacial score (nSPS) is 4.67. The zero-order valence-corrected chi connectivity index (χ0v) is 6.14. The lowest BCUT2D eigenvalue weighted by Gasteiger charge is -1.25. The topological polar surface area (TPSA) is 164 Å². The fourth-order valence-corrected chi connectivity index (χ4v) is 0. The first-order valence-electron chi connectivity index (χ1n) is 2.31. The monoisotopic (exact) mass is 211 g/mol. The van der Waals surface area contributed by atoms with Crippen LogP contribution in [0.5, 0.6) is 0 Å². The quantitative estimate of drug-likeness (QED) is 0.197. The highest BCUT2D eigenvalue weighted by molar-refractivity contribution is 7.00. The minimum Gasteiger partial charge on any atom is -0.412 e. The van der Waals surface area contributed by atoms with Crippen molar-refractivity contribution in [2.75, 3.05) is 0 Å². The number of rotatable bonds is 0. The molecule has 0 aliphatic heterocycles. The Hall–Kier alpha value is -0.435. The van der Waals surface area contributed by atoms with Gasteiger partial charge in [-0.05, 0) is 0 Å². The van der Waals surface area contributed by atoms with Crippen molar-refractivity contribution >= 4 is 16.9 Å². The summed E-state index contributed by atoms with van der Waals surface area (Å²) in [6.07, 6.45) is 0. The van der Waals surface area contributed by atoms with Gasteiger partial charge >= 0.3 is 0 Å². The van der Waals surface area contributed by atoms with Crippen molar-refractivity contribution < 1.29 is 32.4 Å². The SMILES string of the molecule is C.O.O=O.OO.OO.[2H]P=O.[3H]C[B]. The molecule has 10 heteroatoms. The minimum atomic E-state index is -0.583. The summed E-state index contributed by atoms with van der Waals surface area (Å²) < 4.78 is 20.2. The van der Waals surface area contributed by atoms with Crippen LogP contribution in [0.2, 0.25) is 6.80 Å². The molecule has 0 bridgehead atoms. The molecule has 0 atom stereocenters. The van der Waals surface area contributed by atoms with Gasteiger partial charge in [-0.15, -0.1) is 0 Å². The summed E-state index contributed by atoms with van der Waals surface area (Å²) in [5.41, 5.74) is 0. The lowest BCUT2D eigenvalue weighted by atomic mass is 10.2. The molecule has 0 aliphatic carbocycles. The van der Waals surface area contributed by atoms with Crippen LogP contribution in [0.4, 0.5) is 0 Å². The molecule has 12 heavy (non-hydrogen) atoms. The van der Waals surface area contributed by atoms with Gasteiger partial charge < -0.3 is 5.48 Å². The van der Waals surface area contributed by atoms with Gasteiger partial charge in [0.1, 0.15) is 10.3 Å². The second-order valence-electron chi connectivity index (χ2n) is 0. The molecule has 0 aromatic heterocycles. The predicted octanol–water partition coefficient (Wildman–Crippen LogP) is 0.591. The highest BCUT2D eigenvalue weighted by atomic mass is 31.0. The van der Waals surface area contributed by atoms with Crippen LogP contribution < -0.4 is 0 Å². The molecular weight excluding hydrogens is 194 g/mol. The van der Waals surface area contributed by atoms with Crippen LogP contribution in [0, 0.1) is 9.93 Å². The van der Waals surface area contributed by atoms with Crippen molar-refractivity contribution in [2.24, 2.45) is 0 Å². The van der Waals surface area contributed by atoms with Crippen molar-refractivity contribution in [2.45, 2.75) is 14.2 Å². The predicted molar refractivity (Wildman–Crippen MR) is 48.2 cm³/mol. The minimum absolute atomic E-state index is 0. The molecule has 8 nitrogen and oxygen atoms in total. The van der Waals surface area contributed by atoms with E-state index in [0.717, 1.165) is 0 Å². The lowest BCUT2D eigenvalue weighted by molar-refractivity contribution is -0.176. The molecule has 0 amide bonds. The van der Waals surface area contributed by atoms with E-state index in [0.29, 0.717) is 0 Å². The molecular formula is C2H14BO8P. The third-order valence-corrected chi connectivity index (χ3v) is 0. The first kappa shape index (κ1) is 30.0. The van der Waals surface area contributed by atoms with Gasteiger partial charge in [0.05, 0.1) is 7.85 Å². The lowest BCUT2D eigenvalue weighted by Crippen LogP contribution is -1.29. The molecule has 0 saturated heterocycles. The summed E-state index contributed by atoms with van der Waals surface area (Å²) in [6, 6.07) is 0. The first-order chi connectivity index (χ1) is 5.83. The third kappa shape index (κ3) is 3710. The van der Waals surface area contributed by atoms with Gasteiger partial charge in [-0.2, -0.15) is 0 Å². The van der Waals surface area contributed by atoms with Crippen LogP contribution >= 0.6 is 9.06 Å². The average Bonchev–Trinajstić information content (AvgIpc) is 2.16. The van der Waals surface area contributed by atoms with E-state index in [1.165, 1.54) is 0 Å². The zero-order chi connectivity index (χ0) is 11.4. The smallest absolute Gasteiger partial charge is 0.140 e. The van der Waals surface area contributed by atoms with Gasteiger partial charge in [-0.25, -0.2) is 0 Å². The standard InChI is InChI=1S/CH3B.CH4.2H2O2.O2.HOP.H2O/c1-2;;4*1-2;/h1H3;1H4;2*1-2H;;2H;1H2/i1T;;;;;2D;. The largest absolute Gasteiger partial charge is 0.412 e. The van der Waals surface area contributed by atoms with Crippen LogP contribution in [0.1, 0.15) is 8.80 Å². The van der Waals surface area contributed by atoms with E-state index in [1.54, 1.807) is 0 Å².